The van der Waals surface area contributed by atoms with E-state index in [1.54, 1.807) is 0 Å². The van der Waals surface area contributed by atoms with Crippen molar-refractivity contribution in [1.29, 1.82) is 0 Å². The van der Waals surface area contributed by atoms with Crippen LogP contribution in [0.15, 0.2) is 48.5 Å². The summed E-state index contributed by atoms with van der Waals surface area (Å²) in [5.41, 5.74) is 4.26. The molecule has 1 heterocycles. The third kappa shape index (κ3) is 3.66. The van der Waals surface area contributed by atoms with Gasteiger partial charge in [0.15, 0.2) is 0 Å². The molecular weight excluding hydrogens is 300 g/mol. The van der Waals surface area contributed by atoms with Crippen LogP contribution in [0.4, 0.5) is 5.69 Å². The van der Waals surface area contributed by atoms with E-state index in [0.717, 1.165) is 36.2 Å². The van der Waals surface area contributed by atoms with Crippen molar-refractivity contribution >= 4 is 11.6 Å². The number of aryl methyl sites for hydroxylation is 1. The first kappa shape index (κ1) is 16.7. The SMILES string of the molecule is CC(NCC(=O)N1CCCc2ccccc21)c1cccc(CO)c1. The van der Waals surface area contributed by atoms with Gasteiger partial charge in [-0.2, -0.15) is 0 Å². The predicted octanol–water partition coefficient (Wildman–Crippen LogP) is 2.81. The van der Waals surface area contributed by atoms with Crippen LogP contribution in [0.2, 0.25) is 0 Å². The molecule has 3 rings (SSSR count). The van der Waals surface area contributed by atoms with E-state index in [1.807, 2.05) is 54.3 Å². The van der Waals surface area contributed by atoms with Crippen molar-refractivity contribution in [3.8, 4) is 0 Å². The molecule has 0 bridgehead atoms. The van der Waals surface area contributed by atoms with Crippen LogP contribution in [0.5, 0.6) is 0 Å². The zero-order chi connectivity index (χ0) is 16.9. The Bertz CT molecular complexity index is 714. The molecule has 24 heavy (non-hydrogen) atoms. The molecule has 1 aliphatic rings. The number of nitrogens with one attached hydrogen (secondary N) is 1. The topological polar surface area (TPSA) is 52.6 Å². The van der Waals surface area contributed by atoms with Gasteiger partial charge in [-0.1, -0.05) is 42.5 Å². The van der Waals surface area contributed by atoms with Crippen molar-refractivity contribution < 1.29 is 9.90 Å². The number of rotatable bonds is 5. The first-order valence-electron chi connectivity index (χ1n) is 8.50. The number of nitrogens with zero attached hydrogens (tertiary/aromatic N) is 1. The number of hydrogen-bond donors (Lipinski definition) is 2. The van der Waals surface area contributed by atoms with E-state index in [-0.39, 0.29) is 18.6 Å². The average Bonchev–Trinajstić information content (AvgIpc) is 2.65. The minimum atomic E-state index is 0.0318. The third-order valence-corrected chi connectivity index (χ3v) is 4.60. The summed E-state index contributed by atoms with van der Waals surface area (Å²) in [5, 5.41) is 12.5. The first-order chi connectivity index (χ1) is 11.7. The Hall–Kier alpha value is -2.17. The van der Waals surface area contributed by atoms with Gasteiger partial charge in [0, 0.05) is 18.3 Å². The van der Waals surface area contributed by atoms with Crippen LogP contribution in [0.3, 0.4) is 0 Å². The highest BCUT2D eigenvalue weighted by molar-refractivity contribution is 5.95. The lowest BCUT2D eigenvalue weighted by atomic mass is 10.0. The summed E-state index contributed by atoms with van der Waals surface area (Å²) >= 11 is 0. The second-order valence-electron chi connectivity index (χ2n) is 6.28. The van der Waals surface area contributed by atoms with Crippen LogP contribution in [0.1, 0.15) is 36.1 Å². The molecule has 0 fully saturated rings. The molecule has 1 unspecified atom stereocenters. The van der Waals surface area contributed by atoms with Gasteiger partial charge in [0.1, 0.15) is 0 Å². The van der Waals surface area contributed by atoms with Crippen LogP contribution in [-0.2, 0) is 17.8 Å². The summed E-state index contributed by atoms with van der Waals surface area (Å²) in [6, 6.07) is 16.0. The second kappa shape index (κ2) is 7.60. The zero-order valence-corrected chi connectivity index (χ0v) is 14.0. The van der Waals surface area contributed by atoms with Crippen LogP contribution in [-0.4, -0.2) is 24.1 Å². The van der Waals surface area contributed by atoms with Gasteiger partial charge < -0.3 is 15.3 Å². The number of aliphatic hydroxyl groups excluding tert-OH is 1. The molecular formula is C20H24N2O2. The lowest BCUT2D eigenvalue weighted by molar-refractivity contribution is -0.118. The number of aliphatic hydroxyl groups is 1. The number of amides is 1. The lowest BCUT2D eigenvalue weighted by Crippen LogP contribution is -2.41. The molecule has 1 amide bonds. The van der Waals surface area contributed by atoms with Gasteiger partial charge in [0.25, 0.3) is 0 Å². The molecule has 2 aromatic carbocycles. The number of para-hydroxylation sites is 1. The van der Waals surface area contributed by atoms with E-state index < -0.39 is 0 Å². The highest BCUT2D eigenvalue weighted by Crippen LogP contribution is 2.26. The van der Waals surface area contributed by atoms with Crippen LogP contribution in [0, 0.1) is 0 Å². The monoisotopic (exact) mass is 324 g/mol. The fourth-order valence-electron chi connectivity index (χ4n) is 3.21. The molecule has 0 saturated carbocycles. The fraction of sp³-hybridized carbons (Fsp3) is 0.350. The molecule has 4 nitrogen and oxygen atoms in total. The standard InChI is InChI=1S/C20H24N2O2/c1-15(18-8-4-6-16(12-18)14-23)21-13-20(24)22-11-5-9-17-7-2-3-10-19(17)22/h2-4,6-8,10,12,15,21,23H,5,9,11,13-14H2,1H3. The highest BCUT2D eigenvalue weighted by atomic mass is 16.3. The van der Waals surface area contributed by atoms with Crippen molar-refractivity contribution in [3.05, 3.63) is 65.2 Å². The molecule has 1 atom stereocenters. The Labute approximate surface area is 143 Å². The van der Waals surface area contributed by atoms with Crippen molar-refractivity contribution in [2.75, 3.05) is 18.0 Å². The summed E-state index contributed by atoms with van der Waals surface area (Å²) in [6.45, 7) is 3.16. The van der Waals surface area contributed by atoms with E-state index in [2.05, 4.69) is 11.4 Å². The number of benzene rings is 2. The number of hydrogen-bond acceptors (Lipinski definition) is 3. The Balaban J connectivity index is 1.63. The molecule has 0 aliphatic carbocycles. The molecule has 2 aromatic rings. The van der Waals surface area contributed by atoms with Gasteiger partial charge in [-0.15, -0.1) is 0 Å². The van der Waals surface area contributed by atoms with Gasteiger partial charge in [-0.05, 0) is 42.5 Å². The molecule has 1 aliphatic heterocycles. The van der Waals surface area contributed by atoms with Crippen molar-refractivity contribution in [2.45, 2.75) is 32.4 Å². The number of fused-ring (bicyclic) bond motifs is 1. The molecule has 2 N–H and O–H groups in total. The first-order valence-corrected chi connectivity index (χ1v) is 8.50. The van der Waals surface area contributed by atoms with Crippen LogP contribution in [0.25, 0.3) is 0 Å². The zero-order valence-electron chi connectivity index (χ0n) is 14.0. The summed E-state index contributed by atoms with van der Waals surface area (Å²) in [4.78, 5) is 14.5. The van der Waals surface area contributed by atoms with Gasteiger partial charge >= 0.3 is 0 Å². The Morgan fingerprint density at radius 2 is 2.08 bits per heavy atom. The van der Waals surface area contributed by atoms with Crippen molar-refractivity contribution in [3.63, 3.8) is 0 Å². The third-order valence-electron chi connectivity index (χ3n) is 4.60. The number of anilines is 1. The Kier molecular flexibility index (Phi) is 5.28. The molecule has 0 aromatic heterocycles. The molecule has 0 radical (unpaired) electrons. The van der Waals surface area contributed by atoms with Gasteiger partial charge in [-0.25, -0.2) is 0 Å². The summed E-state index contributed by atoms with van der Waals surface area (Å²) < 4.78 is 0. The van der Waals surface area contributed by atoms with Crippen molar-refractivity contribution in [1.82, 2.24) is 5.32 Å². The quantitative estimate of drug-likeness (QED) is 0.889. The Morgan fingerprint density at radius 3 is 2.92 bits per heavy atom. The van der Waals surface area contributed by atoms with E-state index in [4.69, 9.17) is 0 Å². The normalized spacial score (nSPS) is 15.0. The second-order valence-corrected chi connectivity index (χ2v) is 6.28. The molecule has 0 saturated heterocycles. The number of carbonyl (C=O) groups excluding carboxylic acids is 1. The van der Waals surface area contributed by atoms with Gasteiger partial charge in [0.2, 0.25) is 5.91 Å². The number of carbonyl (C=O) groups is 1. The average molecular weight is 324 g/mol. The largest absolute Gasteiger partial charge is 0.392 e. The minimum Gasteiger partial charge on any atom is -0.392 e. The predicted molar refractivity (Wildman–Crippen MR) is 95.9 cm³/mol. The van der Waals surface area contributed by atoms with E-state index >= 15 is 0 Å². The fourth-order valence-corrected chi connectivity index (χ4v) is 3.21. The van der Waals surface area contributed by atoms with Crippen LogP contribution < -0.4 is 10.2 Å². The molecule has 0 spiro atoms. The maximum absolute atomic E-state index is 12.6. The summed E-state index contributed by atoms with van der Waals surface area (Å²) in [6.07, 6.45) is 2.05. The maximum atomic E-state index is 12.6. The van der Waals surface area contributed by atoms with Gasteiger partial charge in [-0.3, -0.25) is 4.79 Å². The van der Waals surface area contributed by atoms with Crippen LogP contribution >= 0.6 is 0 Å². The van der Waals surface area contributed by atoms with E-state index in [1.165, 1.54) is 5.56 Å². The highest BCUT2D eigenvalue weighted by Gasteiger charge is 2.22. The minimum absolute atomic E-state index is 0.0318. The molecule has 4 heteroatoms. The van der Waals surface area contributed by atoms with E-state index in [0.29, 0.717) is 6.54 Å². The van der Waals surface area contributed by atoms with Gasteiger partial charge in [0.05, 0.1) is 13.2 Å². The smallest absolute Gasteiger partial charge is 0.240 e. The summed E-state index contributed by atoms with van der Waals surface area (Å²) in [5.74, 6) is 0.104. The molecule has 126 valence electrons. The summed E-state index contributed by atoms with van der Waals surface area (Å²) in [7, 11) is 0. The lowest BCUT2D eigenvalue weighted by Gasteiger charge is -2.30. The maximum Gasteiger partial charge on any atom is 0.240 e. The van der Waals surface area contributed by atoms with Crippen molar-refractivity contribution in [2.24, 2.45) is 0 Å². The van der Waals surface area contributed by atoms with E-state index in [9.17, 15) is 9.90 Å². The Morgan fingerprint density at radius 1 is 1.25 bits per heavy atom.